The average molecular weight is 290 g/mol. The lowest BCUT2D eigenvalue weighted by Gasteiger charge is -2.04. The summed E-state index contributed by atoms with van der Waals surface area (Å²) in [5, 5.41) is 3.33. The molecule has 0 heterocycles. The molecule has 1 N–H and O–H groups in total. The molecule has 1 rings (SSSR count). The molecule has 0 saturated carbocycles. The summed E-state index contributed by atoms with van der Waals surface area (Å²) in [5.74, 6) is 0.783. The number of halogens is 1. The molecule has 1 aromatic carbocycles. The molecule has 2 nitrogen and oxygen atoms in total. The minimum absolute atomic E-state index is 0.665. The van der Waals surface area contributed by atoms with E-state index in [0.29, 0.717) is 0 Å². The fraction of sp³-hybridized carbons (Fsp3) is 0.455. The monoisotopic (exact) mass is 289 g/mol. The van der Waals surface area contributed by atoms with E-state index in [1.807, 2.05) is 12.1 Å². The summed E-state index contributed by atoms with van der Waals surface area (Å²) in [6.45, 7) is 1.79. The van der Waals surface area contributed by atoms with Crippen LogP contribution in [0.5, 0.6) is 0 Å². The van der Waals surface area contributed by atoms with Gasteiger partial charge in [0.15, 0.2) is 0 Å². The average Bonchev–Trinajstić information content (AvgIpc) is 2.17. The molecule has 0 saturated heterocycles. The molecule has 1 unspecified atom stereocenters. The van der Waals surface area contributed by atoms with Crippen LogP contribution in [0.4, 0.5) is 0 Å². The lowest BCUT2D eigenvalue weighted by atomic mass is 10.2. The SMILES string of the molecule is CS(=O)CCCNCc1cccc(Br)c1. The lowest BCUT2D eigenvalue weighted by molar-refractivity contribution is 0.662. The Balaban J connectivity index is 2.17. The van der Waals surface area contributed by atoms with Gasteiger partial charge in [-0.25, -0.2) is 0 Å². The van der Waals surface area contributed by atoms with Crippen LogP contribution in [0.3, 0.4) is 0 Å². The standard InChI is InChI=1S/C11H16BrNOS/c1-15(14)7-3-6-13-9-10-4-2-5-11(12)8-10/h2,4-5,8,13H,3,6-7,9H2,1H3. The van der Waals surface area contributed by atoms with Crippen LogP contribution >= 0.6 is 15.9 Å². The highest BCUT2D eigenvalue weighted by atomic mass is 79.9. The molecule has 0 amide bonds. The van der Waals surface area contributed by atoms with Crippen molar-refractivity contribution in [2.24, 2.45) is 0 Å². The van der Waals surface area contributed by atoms with Crippen LogP contribution in [0.2, 0.25) is 0 Å². The molecule has 0 aromatic heterocycles. The van der Waals surface area contributed by atoms with E-state index >= 15 is 0 Å². The molecule has 1 aromatic rings. The summed E-state index contributed by atoms with van der Waals surface area (Å²) in [5.41, 5.74) is 1.27. The maximum atomic E-state index is 10.8. The molecule has 15 heavy (non-hydrogen) atoms. The van der Waals surface area contributed by atoms with Crippen molar-refractivity contribution in [2.75, 3.05) is 18.6 Å². The Bertz CT molecular complexity index is 330. The zero-order chi connectivity index (χ0) is 11.1. The first-order valence-corrected chi connectivity index (χ1v) is 7.45. The maximum absolute atomic E-state index is 10.8. The van der Waals surface area contributed by atoms with Gasteiger partial charge < -0.3 is 5.32 Å². The van der Waals surface area contributed by atoms with E-state index in [9.17, 15) is 4.21 Å². The third-order valence-corrected chi connectivity index (χ3v) is 3.36. The molecule has 1 atom stereocenters. The fourth-order valence-corrected chi connectivity index (χ4v) is 2.28. The van der Waals surface area contributed by atoms with Gasteiger partial charge in [-0.1, -0.05) is 28.1 Å². The van der Waals surface area contributed by atoms with Gasteiger partial charge in [0.05, 0.1) is 0 Å². The summed E-state index contributed by atoms with van der Waals surface area (Å²) in [4.78, 5) is 0. The minimum Gasteiger partial charge on any atom is -0.313 e. The van der Waals surface area contributed by atoms with Crippen molar-refractivity contribution >= 4 is 26.7 Å². The van der Waals surface area contributed by atoms with E-state index in [2.05, 4.69) is 33.4 Å². The molecule has 84 valence electrons. The number of nitrogens with one attached hydrogen (secondary N) is 1. The van der Waals surface area contributed by atoms with Gasteiger partial charge in [-0.15, -0.1) is 0 Å². The zero-order valence-electron chi connectivity index (χ0n) is 8.83. The Hall–Kier alpha value is -0.190. The van der Waals surface area contributed by atoms with Crippen LogP contribution < -0.4 is 5.32 Å². The molecule has 0 bridgehead atoms. The first-order valence-electron chi connectivity index (χ1n) is 4.93. The number of hydrogen-bond donors (Lipinski definition) is 1. The van der Waals surface area contributed by atoms with Crippen LogP contribution in [0, 0.1) is 0 Å². The predicted molar refractivity (Wildman–Crippen MR) is 69.4 cm³/mol. The molecule has 0 aliphatic carbocycles. The fourth-order valence-electron chi connectivity index (χ4n) is 1.28. The van der Waals surface area contributed by atoms with Crippen molar-refractivity contribution in [2.45, 2.75) is 13.0 Å². The second kappa shape index (κ2) is 7.14. The molecular formula is C11H16BrNOS. The van der Waals surface area contributed by atoms with Crippen molar-refractivity contribution in [1.29, 1.82) is 0 Å². The van der Waals surface area contributed by atoms with Crippen LogP contribution in [0.25, 0.3) is 0 Å². The van der Waals surface area contributed by atoms with E-state index < -0.39 is 10.8 Å². The summed E-state index contributed by atoms with van der Waals surface area (Å²) in [6, 6.07) is 8.24. The van der Waals surface area contributed by atoms with Gasteiger partial charge in [-0.3, -0.25) is 4.21 Å². The van der Waals surface area contributed by atoms with Crippen molar-refractivity contribution < 1.29 is 4.21 Å². The Labute approximate surface area is 102 Å². The van der Waals surface area contributed by atoms with E-state index in [0.717, 1.165) is 29.7 Å². The summed E-state index contributed by atoms with van der Waals surface area (Å²) in [7, 11) is -0.665. The van der Waals surface area contributed by atoms with E-state index in [1.165, 1.54) is 5.56 Å². The quantitative estimate of drug-likeness (QED) is 0.815. The Morgan fingerprint density at radius 3 is 2.93 bits per heavy atom. The van der Waals surface area contributed by atoms with Crippen molar-refractivity contribution in [1.82, 2.24) is 5.32 Å². The molecule has 0 radical (unpaired) electrons. The predicted octanol–water partition coefficient (Wildman–Crippen LogP) is 2.31. The summed E-state index contributed by atoms with van der Waals surface area (Å²) < 4.78 is 11.9. The van der Waals surface area contributed by atoms with Gasteiger partial charge in [0.1, 0.15) is 0 Å². The summed E-state index contributed by atoms with van der Waals surface area (Å²) >= 11 is 3.44. The van der Waals surface area contributed by atoms with Gasteiger partial charge in [0.25, 0.3) is 0 Å². The molecule has 0 fully saturated rings. The molecule has 0 aliphatic heterocycles. The maximum Gasteiger partial charge on any atom is 0.0244 e. The first kappa shape index (κ1) is 12.9. The molecule has 0 spiro atoms. The van der Waals surface area contributed by atoms with Gasteiger partial charge in [0, 0.05) is 33.8 Å². The van der Waals surface area contributed by atoms with Crippen LogP contribution in [0.1, 0.15) is 12.0 Å². The number of benzene rings is 1. The van der Waals surface area contributed by atoms with Gasteiger partial charge >= 0.3 is 0 Å². The van der Waals surface area contributed by atoms with Crippen molar-refractivity contribution in [3.05, 3.63) is 34.3 Å². The van der Waals surface area contributed by atoms with Crippen LogP contribution in [0.15, 0.2) is 28.7 Å². The molecule has 4 heteroatoms. The highest BCUT2D eigenvalue weighted by Crippen LogP contribution is 2.11. The Kier molecular flexibility index (Phi) is 6.13. The highest BCUT2D eigenvalue weighted by Gasteiger charge is 1.94. The van der Waals surface area contributed by atoms with E-state index in [-0.39, 0.29) is 0 Å². The second-order valence-corrected chi connectivity index (χ2v) is 5.91. The van der Waals surface area contributed by atoms with Crippen LogP contribution in [-0.4, -0.2) is 22.8 Å². The third kappa shape index (κ3) is 6.07. The third-order valence-electron chi connectivity index (χ3n) is 2.00. The number of hydrogen-bond acceptors (Lipinski definition) is 2. The second-order valence-electron chi connectivity index (χ2n) is 3.44. The van der Waals surface area contributed by atoms with Crippen molar-refractivity contribution in [3.8, 4) is 0 Å². The smallest absolute Gasteiger partial charge is 0.0244 e. The number of rotatable bonds is 6. The van der Waals surface area contributed by atoms with E-state index in [1.54, 1.807) is 6.26 Å². The zero-order valence-corrected chi connectivity index (χ0v) is 11.2. The van der Waals surface area contributed by atoms with Gasteiger partial charge in [0.2, 0.25) is 0 Å². The molecule has 0 aliphatic rings. The van der Waals surface area contributed by atoms with Crippen LogP contribution in [-0.2, 0) is 17.3 Å². The van der Waals surface area contributed by atoms with Gasteiger partial charge in [-0.2, -0.15) is 0 Å². The Morgan fingerprint density at radius 2 is 2.27 bits per heavy atom. The minimum atomic E-state index is -0.665. The van der Waals surface area contributed by atoms with Gasteiger partial charge in [-0.05, 0) is 30.7 Å². The lowest BCUT2D eigenvalue weighted by Crippen LogP contribution is -2.16. The summed E-state index contributed by atoms with van der Waals surface area (Å²) in [6.07, 6.45) is 2.71. The highest BCUT2D eigenvalue weighted by molar-refractivity contribution is 9.10. The normalized spacial score (nSPS) is 12.7. The van der Waals surface area contributed by atoms with Crippen molar-refractivity contribution in [3.63, 3.8) is 0 Å². The topological polar surface area (TPSA) is 29.1 Å². The molecular weight excluding hydrogens is 274 g/mol. The largest absolute Gasteiger partial charge is 0.313 e. The van der Waals surface area contributed by atoms with E-state index in [4.69, 9.17) is 0 Å². The Morgan fingerprint density at radius 1 is 1.47 bits per heavy atom. The first-order chi connectivity index (χ1) is 7.18.